The molecule has 0 spiro atoms. The second-order valence-corrected chi connectivity index (χ2v) is 6.83. The molecule has 0 aliphatic carbocycles. The van der Waals surface area contributed by atoms with Crippen molar-refractivity contribution in [1.82, 2.24) is 4.98 Å². The highest BCUT2D eigenvalue weighted by molar-refractivity contribution is 9.10. The number of ether oxygens (including phenoxy) is 1. The quantitative estimate of drug-likeness (QED) is 0.496. The highest BCUT2D eigenvalue weighted by Gasteiger charge is 2.14. The van der Waals surface area contributed by atoms with Crippen molar-refractivity contribution in [3.63, 3.8) is 0 Å². The molecule has 0 atom stereocenters. The van der Waals surface area contributed by atoms with Gasteiger partial charge in [-0.05, 0) is 63.8 Å². The zero-order valence-corrected chi connectivity index (χ0v) is 16.5. The first-order valence-electron chi connectivity index (χ1n) is 8.13. The summed E-state index contributed by atoms with van der Waals surface area (Å²) >= 11 is 2.91. The zero-order valence-electron chi connectivity index (χ0n) is 14.9. The number of benzene rings is 2. The molecule has 8 heteroatoms. The number of rotatable bonds is 4. The molecule has 3 aromatic rings. The van der Waals surface area contributed by atoms with E-state index in [0.717, 1.165) is 21.6 Å². The molecule has 1 aromatic heterocycles. The lowest BCUT2D eigenvalue weighted by atomic mass is 10.0. The van der Waals surface area contributed by atoms with E-state index < -0.39 is 17.7 Å². The highest BCUT2D eigenvalue weighted by Crippen LogP contribution is 2.32. The van der Waals surface area contributed by atoms with Gasteiger partial charge in [0.1, 0.15) is 10.4 Å². The van der Waals surface area contributed by atoms with E-state index in [1.54, 1.807) is 30.3 Å². The summed E-state index contributed by atoms with van der Waals surface area (Å²) in [4.78, 5) is 16.0. The van der Waals surface area contributed by atoms with Crippen LogP contribution in [0.25, 0.3) is 11.1 Å². The van der Waals surface area contributed by atoms with Crippen molar-refractivity contribution in [2.45, 2.75) is 6.92 Å². The first-order valence-corrected chi connectivity index (χ1v) is 8.92. The molecular formula is C20H15BrF2N2O3. The Kier molecular flexibility index (Phi) is 5.60. The third-order valence-electron chi connectivity index (χ3n) is 3.97. The Morgan fingerprint density at radius 1 is 1.11 bits per heavy atom. The predicted octanol–water partition coefficient (Wildman–Crippen LogP) is 6.00. The first kappa shape index (κ1) is 19.8. The van der Waals surface area contributed by atoms with Crippen molar-refractivity contribution in [3.05, 3.63) is 70.3 Å². The largest absolute Gasteiger partial charge is 0.465 e. The third kappa shape index (κ3) is 4.28. The van der Waals surface area contributed by atoms with Crippen LogP contribution in [0, 0.1) is 18.6 Å². The molecule has 5 nitrogen and oxygen atoms in total. The van der Waals surface area contributed by atoms with E-state index in [0.29, 0.717) is 17.5 Å². The van der Waals surface area contributed by atoms with Crippen molar-refractivity contribution >= 4 is 27.7 Å². The molecule has 144 valence electrons. The number of aromatic nitrogens is 1. The number of pyridine rings is 1. The second kappa shape index (κ2) is 7.93. The second-order valence-electron chi connectivity index (χ2n) is 6.08. The van der Waals surface area contributed by atoms with Crippen molar-refractivity contribution < 1.29 is 23.4 Å². The van der Waals surface area contributed by atoms with Gasteiger partial charge in [-0.3, -0.25) is 4.90 Å². The highest BCUT2D eigenvalue weighted by atomic mass is 79.9. The topological polar surface area (TPSA) is 62.7 Å². The van der Waals surface area contributed by atoms with Gasteiger partial charge in [-0.15, -0.1) is 0 Å². The lowest BCUT2D eigenvalue weighted by Crippen LogP contribution is -2.23. The van der Waals surface area contributed by atoms with Crippen molar-refractivity contribution in [2.24, 2.45) is 0 Å². The van der Waals surface area contributed by atoms with Crippen LogP contribution in [0.1, 0.15) is 5.56 Å². The number of aryl methyl sites for hydroxylation is 1. The van der Waals surface area contributed by atoms with Gasteiger partial charge in [0.15, 0.2) is 11.6 Å². The van der Waals surface area contributed by atoms with Crippen LogP contribution in [-0.4, -0.2) is 23.2 Å². The minimum atomic E-state index is -1.08. The maximum atomic E-state index is 13.9. The molecular weight excluding hydrogens is 434 g/mol. The van der Waals surface area contributed by atoms with Crippen LogP contribution in [0.5, 0.6) is 11.6 Å². The smallest absolute Gasteiger partial charge is 0.411 e. The maximum Gasteiger partial charge on any atom is 0.411 e. The van der Waals surface area contributed by atoms with Gasteiger partial charge in [-0.1, -0.05) is 18.2 Å². The molecule has 0 aliphatic rings. The summed E-state index contributed by atoms with van der Waals surface area (Å²) in [5.74, 6) is -1.79. The van der Waals surface area contributed by atoms with E-state index in [1.807, 2.05) is 19.1 Å². The van der Waals surface area contributed by atoms with Crippen LogP contribution in [0.3, 0.4) is 0 Å². The van der Waals surface area contributed by atoms with Crippen molar-refractivity contribution in [1.29, 1.82) is 0 Å². The summed E-state index contributed by atoms with van der Waals surface area (Å²) in [5, 5.41) is 9.15. The van der Waals surface area contributed by atoms with Crippen LogP contribution >= 0.6 is 15.9 Å². The molecule has 3 rings (SSSR count). The van der Waals surface area contributed by atoms with Gasteiger partial charge in [0.25, 0.3) is 5.88 Å². The summed E-state index contributed by atoms with van der Waals surface area (Å²) in [6, 6.07) is 12.9. The van der Waals surface area contributed by atoms with Crippen LogP contribution in [0.4, 0.5) is 19.3 Å². The van der Waals surface area contributed by atoms with E-state index >= 15 is 0 Å². The first-order chi connectivity index (χ1) is 13.2. The molecule has 0 bridgehead atoms. The molecule has 0 radical (unpaired) electrons. The molecule has 0 saturated heterocycles. The van der Waals surface area contributed by atoms with Crippen LogP contribution in [0.2, 0.25) is 0 Å². The van der Waals surface area contributed by atoms with E-state index in [2.05, 4.69) is 20.9 Å². The van der Waals surface area contributed by atoms with Crippen LogP contribution < -0.4 is 9.64 Å². The molecule has 0 saturated carbocycles. The third-order valence-corrected chi connectivity index (χ3v) is 4.53. The molecule has 1 amide bonds. The Morgan fingerprint density at radius 2 is 1.86 bits per heavy atom. The van der Waals surface area contributed by atoms with E-state index in [-0.39, 0.29) is 10.5 Å². The van der Waals surface area contributed by atoms with Crippen molar-refractivity contribution in [3.8, 4) is 22.8 Å². The van der Waals surface area contributed by atoms with Gasteiger partial charge in [0.05, 0.1) is 0 Å². The molecule has 0 unspecified atom stereocenters. The van der Waals surface area contributed by atoms with Crippen molar-refractivity contribution in [2.75, 3.05) is 11.9 Å². The Morgan fingerprint density at radius 3 is 2.57 bits per heavy atom. The number of carbonyl (C=O) groups is 1. The number of halogens is 3. The number of hydrogen-bond acceptors (Lipinski definition) is 3. The monoisotopic (exact) mass is 448 g/mol. The molecule has 1 heterocycles. The molecule has 28 heavy (non-hydrogen) atoms. The summed E-state index contributed by atoms with van der Waals surface area (Å²) < 4.78 is 32.7. The minimum absolute atomic E-state index is 0.152. The van der Waals surface area contributed by atoms with Gasteiger partial charge in [0, 0.05) is 18.8 Å². The van der Waals surface area contributed by atoms with Gasteiger partial charge in [-0.25, -0.2) is 18.6 Å². The summed E-state index contributed by atoms with van der Waals surface area (Å²) in [6.07, 6.45) is -1.08. The Hall–Kier alpha value is -3.00. The fourth-order valence-electron chi connectivity index (χ4n) is 2.59. The minimum Gasteiger partial charge on any atom is -0.465 e. The molecule has 2 aromatic carbocycles. The molecule has 0 aliphatic heterocycles. The SMILES string of the molecule is Cc1cc(Oc2nc(Br)c(F)cc2F)cc(-c2cccc(N(C)C(=O)O)c2)c1. The molecule has 1 N–H and O–H groups in total. The number of anilines is 1. The Bertz CT molecular complexity index is 1060. The van der Waals surface area contributed by atoms with E-state index in [4.69, 9.17) is 9.84 Å². The molecule has 0 fully saturated rings. The predicted molar refractivity (Wildman–Crippen MR) is 105 cm³/mol. The maximum absolute atomic E-state index is 13.9. The van der Waals surface area contributed by atoms with Crippen LogP contribution in [-0.2, 0) is 0 Å². The van der Waals surface area contributed by atoms with E-state index in [1.165, 1.54) is 7.05 Å². The summed E-state index contributed by atoms with van der Waals surface area (Å²) in [7, 11) is 1.45. The summed E-state index contributed by atoms with van der Waals surface area (Å²) in [5.41, 5.74) is 2.85. The Balaban J connectivity index is 1.98. The lowest BCUT2D eigenvalue weighted by Gasteiger charge is -2.15. The fraction of sp³-hybridized carbons (Fsp3) is 0.100. The van der Waals surface area contributed by atoms with Gasteiger partial charge in [0.2, 0.25) is 0 Å². The van der Waals surface area contributed by atoms with Gasteiger partial charge >= 0.3 is 6.09 Å². The van der Waals surface area contributed by atoms with E-state index in [9.17, 15) is 13.6 Å². The van der Waals surface area contributed by atoms with Crippen LogP contribution in [0.15, 0.2) is 53.1 Å². The average molecular weight is 449 g/mol. The van der Waals surface area contributed by atoms with Gasteiger partial charge in [-0.2, -0.15) is 0 Å². The van der Waals surface area contributed by atoms with Gasteiger partial charge < -0.3 is 9.84 Å². The lowest BCUT2D eigenvalue weighted by molar-refractivity contribution is 0.203. The Labute approximate surface area is 168 Å². The fourth-order valence-corrected chi connectivity index (χ4v) is 2.87. The number of carboxylic acid groups (broad SMARTS) is 1. The summed E-state index contributed by atoms with van der Waals surface area (Å²) in [6.45, 7) is 1.84. The zero-order chi connectivity index (χ0) is 20.4. The average Bonchev–Trinajstić information content (AvgIpc) is 2.65. The number of nitrogens with zero attached hydrogens (tertiary/aromatic N) is 2. The normalized spacial score (nSPS) is 10.6. The number of hydrogen-bond donors (Lipinski definition) is 1. The standard InChI is InChI=1S/C20H15BrF2N2O3/c1-11-6-13(12-4-3-5-14(8-12)25(2)20(26)27)9-15(7-11)28-19-17(23)10-16(22)18(21)24-19/h3-10H,1-2H3,(H,26,27). The number of amides is 1.